The van der Waals surface area contributed by atoms with E-state index in [-0.39, 0.29) is 12.1 Å². The minimum absolute atomic E-state index is 0.0808. The molecule has 0 aliphatic heterocycles. The molecule has 0 spiro atoms. The van der Waals surface area contributed by atoms with E-state index in [2.05, 4.69) is 31.9 Å². The maximum atomic E-state index is 6.11. The van der Waals surface area contributed by atoms with E-state index < -0.39 is 0 Å². The molecule has 2 unspecified atom stereocenters. The van der Waals surface area contributed by atoms with E-state index in [0.717, 1.165) is 11.6 Å². The van der Waals surface area contributed by atoms with Crippen molar-refractivity contribution in [3.8, 4) is 0 Å². The third-order valence-electron chi connectivity index (χ3n) is 2.82. The Morgan fingerprint density at radius 3 is 2.41 bits per heavy atom. The molecule has 3 heteroatoms. The van der Waals surface area contributed by atoms with Gasteiger partial charge in [-0.3, -0.25) is 4.90 Å². The van der Waals surface area contributed by atoms with Crippen LogP contribution in [-0.4, -0.2) is 24.5 Å². The Bertz CT molecular complexity index is 350. The van der Waals surface area contributed by atoms with Gasteiger partial charge in [-0.15, -0.1) is 0 Å². The number of rotatable bonds is 5. The average molecular weight is 255 g/mol. The lowest BCUT2D eigenvalue weighted by Crippen LogP contribution is -2.38. The Labute approximate surface area is 110 Å². The van der Waals surface area contributed by atoms with Gasteiger partial charge < -0.3 is 5.73 Å². The average Bonchev–Trinajstić information content (AvgIpc) is 2.15. The first-order chi connectivity index (χ1) is 7.91. The molecule has 0 aliphatic rings. The summed E-state index contributed by atoms with van der Waals surface area (Å²) in [4.78, 5) is 2.31. The van der Waals surface area contributed by atoms with Gasteiger partial charge in [-0.2, -0.15) is 0 Å². The molecule has 1 aromatic rings. The Hall–Kier alpha value is -0.570. The second kappa shape index (κ2) is 6.39. The van der Waals surface area contributed by atoms with Crippen molar-refractivity contribution in [2.45, 2.75) is 32.9 Å². The first-order valence-corrected chi connectivity index (χ1v) is 6.51. The Kier molecular flexibility index (Phi) is 5.44. The summed E-state index contributed by atoms with van der Waals surface area (Å²) in [6, 6.07) is 8.28. The second-order valence-corrected chi connectivity index (χ2v) is 5.63. The summed E-state index contributed by atoms with van der Waals surface area (Å²) in [5, 5.41) is 0.770. The molecule has 2 N–H and O–H groups in total. The van der Waals surface area contributed by atoms with E-state index in [1.165, 1.54) is 5.56 Å². The van der Waals surface area contributed by atoms with Gasteiger partial charge in [0.05, 0.1) is 0 Å². The molecule has 0 amide bonds. The summed E-state index contributed by atoms with van der Waals surface area (Å²) in [6.45, 7) is 7.50. The minimum atomic E-state index is 0.0808. The van der Waals surface area contributed by atoms with Gasteiger partial charge in [0.15, 0.2) is 0 Å². The standard InChI is InChI=1S/C14H23ClN2/c1-10(2)9-17(4)14(11(3)16)12-6-5-7-13(15)8-12/h5-8,10-11,14H,9,16H2,1-4H3. The van der Waals surface area contributed by atoms with E-state index in [4.69, 9.17) is 17.3 Å². The zero-order valence-electron chi connectivity index (χ0n) is 11.2. The van der Waals surface area contributed by atoms with Crippen LogP contribution in [0.4, 0.5) is 0 Å². The van der Waals surface area contributed by atoms with E-state index in [9.17, 15) is 0 Å². The van der Waals surface area contributed by atoms with Crippen LogP contribution in [0.2, 0.25) is 5.02 Å². The van der Waals surface area contributed by atoms with Gasteiger partial charge in [-0.05, 0) is 37.6 Å². The Morgan fingerprint density at radius 1 is 1.29 bits per heavy atom. The van der Waals surface area contributed by atoms with Crippen molar-refractivity contribution in [2.75, 3.05) is 13.6 Å². The van der Waals surface area contributed by atoms with Crippen LogP contribution in [0.1, 0.15) is 32.4 Å². The van der Waals surface area contributed by atoms with Crippen LogP contribution in [0, 0.1) is 5.92 Å². The lowest BCUT2D eigenvalue weighted by molar-refractivity contribution is 0.197. The van der Waals surface area contributed by atoms with Crippen molar-refractivity contribution >= 4 is 11.6 Å². The van der Waals surface area contributed by atoms with Gasteiger partial charge in [0.2, 0.25) is 0 Å². The molecule has 0 fully saturated rings. The third kappa shape index (κ3) is 4.30. The predicted molar refractivity (Wildman–Crippen MR) is 75.3 cm³/mol. The number of halogens is 1. The van der Waals surface area contributed by atoms with Crippen molar-refractivity contribution in [1.29, 1.82) is 0 Å². The molecule has 17 heavy (non-hydrogen) atoms. The molecule has 1 rings (SSSR count). The van der Waals surface area contributed by atoms with Crippen molar-refractivity contribution in [3.05, 3.63) is 34.9 Å². The minimum Gasteiger partial charge on any atom is -0.326 e. The number of nitrogens with two attached hydrogens (primary N) is 1. The summed E-state index contributed by atoms with van der Waals surface area (Å²) in [7, 11) is 2.12. The molecule has 2 atom stereocenters. The number of benzene rings is 1. The quantitative estimate of drug-likeness (QED) is 0.874. The lowest BCUT2D eigenvalue weighted by atomic mass is 9.99. The molecule has 0 heterocycles. The number of hydrogen-bond acceptors (Lipinski definition) is 2. The highest BCUT2D eigenvalue weighted by Crippen LogP contribution is 2.25. The molecule has 0 bridgehead atoms. The van der Waals surface area contributed by atoms with Crippen LogP contribution in [0.25, 0.3) is 0 Å². The monoisotopic (exact) mass is 254 g/mol. The summed E-state index contributed by atoms with van der Waals surface area (Å²) in [5.74, 6) is 0.625. The van der Waals surface area contributed by atoms with Gasteiger partial charge in [-0.25, -0.2) is 0 Å². The number of hydrogen-bond donors (Lipinski definition) is 1. The molecule has 0 radical (unpaired) electrons. The van der Waals surface area contributed by atoms with Crippen molar-refractivity contribution < 1.29 is 0 Å². The highest BCUT2D eigenvalue weighted by Gasteiger charge is 2.21. The van der Waals surface area contributed by atoms with Crippen molar-refractivity contribution in [3.63, 3.8) is 0 Å². The number of nitrogens with zero attached hydrogens (tertiary/aromatic N) is 1. The van der Waals surface area contributed by atoms with Gasteiger partial charge in [0, 0.05) is 23.7 Å². The summed E-state index contributed by atoms with van der Waals surface area (Å²) < 4.78 is 0. The lowest BCUT2D eigenvalue weighted by Gasteiger charge is -2.32. The molecule has 0 aliphatic carbocycles. The molecule has 0 saturated carbocycles. The molecule has 0 aromatic heterocycles. The Morgan fingerprint density at radius 2 is 1.94 bits per heavy atom. The molecule has 0 saturated heterocycles. The van der Waals surface area contributed by atoms with E-state index in [1.54, 1.807) is 0 Å². The zero-order valence-corrected chi connectivity index (χ0v) is 11.9. The van der Waals surface area contributed by atoms with Gasteiger partial charge >= 0.3 is 0 Å². The number of likely N-dealkylation sites (N-methyl/N-ethyl adjacent to an activating group) is 1. The van der Waals surface area contributed by atoms with Crippen LogP contribution in [0.5, 0.6) is 0 Å². The summed E-state index contributed by atoms with van der Waals surface area (Å²) >= 11 is 6.04. The fourth-order valence-corrected chi connectivity index (χ4v) is 2.54. The first-order valence-electron chi connectivity index (χ1n) is 6.13. The first kappa shape index (κ1) is 14.5. The topological polar surface area (TPSA) is 29.3 Å². The van der Waals surface area contributed by atoms with Crippen molar-refractivity contribution in [2.24, 2.45) is 11.7 Å². The highest BCUT2D eigenvalue weighted by molar-refractivity contribution is 6.30. The van der Waals surface area contributed by atoms with Gasteiger partial charge in [0.1, 0.15) is 0 Å². The van der Waals surface area contributed by atoms with Gasteiger partial charge in [0.25, 0.3) is 0 Å². The maximum absolute atomic E-state index is 6.11. The summed E-state index contributed by atoms with van der Waals surface area (Å²) in [5.41, 5.74) is 7.30. The van der Waals surface area contributed by atoms with E-state index in [0.29, 0.717) is 5.92 Å². The van der Waals surface area contributed by atoms with Gasteiger partial charge in [-0.1, -0.05) is 37.6 Å². The van der Waals surface area contributed by atoms with Crippen LogP contribution in [0.15, 0.2) is 24.3 Å². The SMILES string of the molecule is CC(C)CN(C)C(c1cccc(Cl)c1)C(C)N. The molecule has 2 nitrogen and oxygen atoms in total. The molecular weight excluding hydrogens is 232 g/mol. The zero-order chi connectivity index (χ0) is 13.0. The second-order valence-electron chi connectivity index (χ2n) is 5.19. The maximum Gasteiger partial charge on any atom is 0.0494 e. The predicted octanol–water partition coefficient (Wildman–Crippen LogP) is 3.32. The smallest absolute Gasteiger partial charge is 0.0494 e. The van der Waals surface area contributed by atoms with E-state index >= 15 is 0 Å². The third-order valence-corrected chi connectivity index (χ3v) is 3.05. The molecular formula is C14H23ClN2. The fourth-order valence-electron chi connectivity index (χ4n) is 2.34. The fraction of sp³-hybridized carbons (Fsp3) is 0.571. The molecule has 1 aromatic carbocycles. The normalized spacial score (nSPS) is 15.3. The van der Waals surface area contributed by atoms with Crippen LogP contribution < -0.4 is 5.73 Å². The Balaban J connectivity index is 2.93. The molecule has 96 valence electrons. The van der Waals surface area contributed by atoms with E-state index in [1.807, 2.05) is 25.1 Å². The van der Waals surface area contributed by atoms with Crippen LogP contribution in [0.3, 0.4) is 0 Å². The highest BCUT2D eigenvalue weighted by atomic mass is 35.5. The largest absolute Gasteiger partial charge is 0.326 e. The van der Waals surface area contributed by atoms with Crippen molar-refractivity contribution in [1.82, 2.24) is 4.90 Å². The summed E-state index contributed by atoms with van der Waals surface area (Å²) in [6.07, 6.45) is 0. The van der Waals surface area contributed by atoms with Crippen LogP contribution in [-0.2, 0) is 0 Å². The van der Waals surface area contributed by atoms with Crippen LogP contribution >= 0.6 is 11.6 Å².